The minimum Gasteiger partial charge on any atom is -0.406 e. The van der Waals surface area contributed by atoms with Crippen LogP contribution >= 0.6 is 0 Å². The number of ether oxygens (including phenoxy) is 1. The number of halogens is 3. The van der Waals surface area contributed by atoms with Crippen molar-refractivity contribution in [3.05, 3.63) is 89.5 Å². The van der Waals surface area contributed by atoms with Crippen molar-refractivity contribution in [2.75, 3.05) is 10.2 Å². The van der Waals surface area contributed by atoms with Gasteiger partial charge in [-0.25, -0.2) is 4.90 Å². The average Bonchev–Trinajstić information content (AvgIpc) is 2.99. The second kappa shape index (κ2) is 7.60. The molecule has 6 nitrogen and oxygen atoms in total. The summed E-state index contributed by atoms with van der Waals surface area (Å²) in [7, 11) is 0. The topological polar surface area (TPSA) is 75.7 Å². The van der Waals surface area contributed by atoms with Gasteiger partial charge in [0.15, 0.2) is 0 Å². The summed E-state index contributed by atoms with van der Waals surface area (Å²) in [6.07, 6.45) is -4.81. The summed E-state index contributed by atoms with van der Waals surface area (Å²) >= 11 is 0. The number of carbonyl (C=O) groups is 3. The zero-order valence-electron chi connectivity index (χ0n) is 15.6. The standard InChI is InChI=1S/C22H13F3N2O4/c23-22(24,25)31-16-10-8-14(9-11-16)26-19(28)13-4-3-5-15(12-13)27-20(29)17-6-1-2-7-18(17)21(27)30/h1-12H,(H,26,28). The third-order valence-electron chi connectivity index (χ3n) is 4.51. The molecule has 0 atom stereocenters. The molecule has 1 aliphatic heterocycles. The molecule has 1 aliphatic rings. The van der Waals surface area contributed by atoms with E-state index in [4.69, 9.17) is 0 Å². The third-order valence-corrected chi connectivity index (χ3v) is 4.51. The lowest BCUT2D eigenvalue weighted by Gasteiger charge is -2.15. The monoisotopic (exact) mass is 426 g/mol. The highest BCUT2D eigenvalue weighted by Gasteiger charge is 2.36. The highest BCUT2D eigenvalue weighted by Crippen LogP contribution is 2.29. The van der Waals surface area contributed by atoms with Crippen molar-refractivity contribution >= 4 is 29.1 Å². The van der Waals surface area contributed by atoms with Gasteiger partial charge in [-0.15, -0.1) is 13.2 Å². The fraction of sp³-hybridized carbons (Fsp3) is 0.0455. The van der Waals surface area contributed by atoms with Crippen molar-refractivity contribution < 1.29 is 32.3 Å². The summed E-state index contributed by atoms with van der Waals surface area (Å²) in [4.78, 5) is 38.8. The number of nitrogens with zero attached hydrogens (tertiary/aromatic N) is 1. The summed E-state index contributed by atoms with van der Waals surface area (Å²) in [5.41, 5.74) is 1.19. The van der Waals surface area contributed by atoms with E-state index < -0.39 is 29.8 Å². The average molecular weight is 426 g/mol. The first-order valence-corrected chi connectivity index (χ1v) is 8.98. The molecule has 0 fully saturated rings. The minimum atomic E-state index is -4.81. The molecule has 31 heavy (non-hydrogen) atoms. The van der Waals surface area contributed by atoms with Gasteiger partial charge in [-0.1, -0.05) is 18.2 Å². The van der Waals surface area contributed by atoms with Crippen LogP contribution in [0.1, 0.15) is 31.1 Å². The Morgan fingerprint density at radius 3 is 2.03 bits per heavy atom. The van der Waals surface area contributed by atoms with E-state index in [0.29, 0.717) is 0 Å². The number of hydrogen-bond acceptors (Lipinski definition) is 4. The van der Waals surface area contributed by atoms with Gasteiger partial charge in [0.25, 0.3) is 17.7 Å². The number of anilines is 2. The van der Waals surface area contributed by atoms with Gasteiger partial charge in [0.2, 0.25) is 0 Å². The highest BCUT2D eigenvalue weighted by molar-refractivity contribution is 6.34. The first-order chi connectivity index (χ1) is 14.7. The molecular weight excluding hydrogens is 413 g/mol. The maximum Gasteiger partial charge on any atom is 0.573 e. The van der Waals surface area contributed by atoms with E-state index in [1.54, 1.807) is 24.3 Å². The van der Waals surface area contributed by atoms with Crippen molar-refractivity contribution in [1.29, 1.82) is 0 Å². The lowest BCUT2D eigenvalue weighted by molar-refractivity contribution is -0.274. The highest BCUT2D eigenvalue weighted by atomic mass is 19.4. The molecule has 0 aliphatic carbocycles. The Hall–Kier alpha value is -4.14. The molecule has 0 aromatic heterocycles. The van der Waals surface area contributed by atoms with E-state index in [1.807, 2.05) is 0 Å². The molecule has 3 amide bonds. The van der Waals surface area contributed by atoms with E-state index >= 15 is 0 Å². The van der Waals surface area contributed by atoms with Gasteiger partial charge in [-0.05, 0) is 54.6 Å². The number of nitrogens with one attached hydrogen (secondary N) is 1. The maximum absolute atomic E-state index is 12.6. The fourth-order valence-electron chi connectivity index (χ4n) is 3.15. The number of fused-ring (bicyclic) bond motifs is 1. The second-order valence-corrected chi connectivity index (χ2v) is 6.57. The van der Waals surface area contributed by atoms with E-state index in [9.17, 15) is 27.6 Å². The van der Waals surface area contributed by atoms with Crippen molar-refractivity contribution in [1.82, 2.24) is 0 Å². The molecule has 9 heteroatoms. The molecule has 3 aromatic carbocycles. The van der Waals surface area contributed by atoms with Crippen LogP contribution in [-0.2, 0) is 0 Å². The number of hydrogen-bond donors (Lipinski definition) is 1. The molecule has 4 rings (SSSR count). The van der Waals surface area contributed by atoms with Gasteiger partial charge in [0.05, 0.1) is 16.8 Å². The summed E-state index contributed by atoms with van der Waals surface area (Å²) in [6.45, 7) is 0. The zero-order chi connectivity index (χ0) is 22.2. The van der Waals surface area contributed by atoms with Crippen molar-refractivity contribution in [3.63, 3.8) is 0 Å². The Morgan fingerprint density at radius 1 is 0.839 bits per heavy atom. The summed E-state index contributed by atoms with van der Waals surface area (Å²) < 4.78 is 40.5. The van der Waals surface area contributed by atoms with Crippen LogP contribution in [0.25, 0.3) is 0 Å². The molecule has 156 valence electrons. The molecule has 1 heterocycles. The van der Waals surface area contributed by atoms with Gasteiger partial charge in [0.1, 0.15) is 5.75 Å². The molecule has 0 bridgehead atoms. The summed E-state index contributed by atoms with van der Waals surface area (Å²) in [5, 5.41) is 2.54. The lowest BCUT2D eigenvalue weighted by atomic mass is 10.1. The van der Waals surface area contributed by atoms with Crippen molar-refractivity contribution in [2.45, 2.75) is 6.36 Å². The molecule has 0 spiro atoms. The van der Waals surface area contributed by atoms with Crippen molar-refractivity contribution in [3.8, 4) is 5.75 Å². The van der Waals surface area contributed by atoms with Crippen molar-refractivity contribution in [2.24, 2.45) is 0 Å². The number of benzene rings is 3. The Morgan fingerprint density at radius 2 is 1.45 bits per heavy atom. The van der Waals surface area contributed by atoms with Crippen LogP contribution in [0.2, 0.25) is 0 Å². The van der Waals surface area contributed by atoms with E-state index in [-0.39, 0.29) is 28.1 Å². The van der Waals surface area contributed by atoms with E-state index in [2.05, 4.69) is 10.1 Å². The SMILES string of the molecule is O=C(Nc1ccc(OC(F)(F)F)cc1)c1cccc(N2C(=O)c3ccccc3C2=O)c1. The first-order valence-electron chi connectivity index (χ1n) is 8.98. The Labute approximate surface area is 173 Å². The molecule has 3 aromatic rings. The van der Waals surface area contributed by atoms with Crippen LogP contribution < -0.4 is 15.0 Å². The number of rotatable bonds is 4. The molecule has 0 radical (unpaired) electrons. The number of amides is 3. The zero-order valence-corrected chi connectivity index (χ0v) is 15.6. The van der Waals surface area contributed by atoms with Gasteiger partial charge in [-0.3, -0.25) is 14.4 Å². The summed E-state index contributed by atoms with van der Waals surface area (Å²) in [5.74, 6) is -1.96. The molecule has 1 N–H and O–H groups in total. The van der Waals surface area contributed by atoms with Gasteiger partial charge < -0.3 is 10.1 Å². The Kier molecular flexibility index (Phi) is 4.94. The van der Waals surface area contributed by atoms with Gasteiger partial charge >= 0.3 is 6.36 Å². The third kappa shape index (κ3) is 4.11. The predicted octanol–water partition coefficient (Wildman–Crippen LogP) is 4.64. The molecule has 0 unspecified atom stereocenters. The lowest BCUT2D eigenvalue weighted by Crippen LogP contribution is -2.29. The van der Waals surface area contributed by atoms with Gasteiger partial charge in [-0.2, -0.15) is 0 Å². The quantitative estimate of drug-likeness (QED) is 0.617. The smallest absolute Gasteiger partial charge is 0.406 e. The van der Waals surface area contributed by atoms with Crippen LogP contribution in [0.15, 0.2) is 72.8 Å². The number of carbonyl (C=O) groups excluding carboxylic acids is 3. The largest absolute Gasteiger partial charge is 0.573 e. The molecule has 0 saturated carbocycles. The van der Waals surface area contributed by atoms with Crippen LogP contribution in [0.3, 0.4) is 0 Å². The number of imide groups is 1. The predicted molar refractivity (Wildman–Crippen MR) is 105 cm³/mol. The van der Waals surface area contributed by atoms with Crippen LogP contribution in [0.4, 0.5) is 24.5 Å². The second-order valence-electron chi connectivity index (χ2n) is 6.57. The minimum absolute atomic E-state index is 0.157. The summed E-state index contributed by atoms with van der Waals surface area (Å²) in [6, 6.07) is 17.0. The maximum atomic E-state index is 12.6. The van der Waals surface area contributed by atoms with Crippen LogP contribution in [-0.4, -0.2) is 24.1 Å². The molecule has 0 saturated heterocycles. The number of alkyl halides is 3. The van der Waals surface area contributed by atoms with Crippen LogP contribution in [0, 0.1) is 0 Å². The Balaban J connectivity index is 1.52. The normalized spacial score (nSPS) is 13.2. The fourth-order valence-corrected chi connectivity index (χ4v) is 3.15. The molecular formula is C22H13F3N2O4. The van der Waals surface area contributed by atoms with Crippen LogP contribution in [0.5, 0.6) is 5.75 Å². The first kappa shape index (κ1) is 20.1. The van der Waals surface area contributed by atoms with E-state index in [1.165, 1.54) is 36.4 Å². The Bertz CT molecular complexity index is 1150. The van der Waals surface area contributed by atoms with Gasteiger partial charge in [0, 0.05) is 11.3 Å². The van der Waals surface area contributed by atoms with E-state index in [0.717, 1.165) is 17.0 Å².